The summed E-state index contributed by atoms with van der Waals surface area (Å²) in [6, 6.07) is 0. The van der Waals surface area contributed by atoms with Crippen LogP contribution in [-0.4, -0.2) is 54.3 Å². The van der Waals surface area contributed by atoms with E-state index in [2.05, 4.69) is 31.7 Å². The van der Waals surface area contributed by atoms with Crippen molar-refractivity contribution < 1.29 is 24.2 Å². The van der Waals surface area contributed by atoms with Crippen molar-refractivity contribution in [3.63, 3.8) is 0 Å². The number of unbranched alkanes of at least 4 members (excludes halogenated alkanes) is 22. The van der Waals surface area contributed by atoms with E-state index in [1.165, 1.54) is 116 Å². The molecule has 1 N–H and O–H groups in total. The van der Waals surface area contributed by atoms with Crippen molar-refractivity contribution in [2.75, 3.05) is 26.2 Å². The SMILES string of the molecule is CCCCCCCCC(CCCCCCCC)OC(=O)CCCCCCCN(CCO)CCCCCCCC(=O)OC1=CC1CCCCCCC. The molecule has 0 heterocycles. The molecule has 0 saturated carbocycles. The number of aliphatic hydroxyl groups excluding tert-OH is 1. The molecule has 1 aliphatic carbocycles. The number of carbonyl (C=O) groups excluding carboxylic acids is 2. The molecule has 6 heteroatoms. The summed E-state index contributed by atoms with van der Waals surface area (Å²) in [5.74, 6) is 1.29. The molecule has 0 aliphatic heterocycles. The molecule has 0 spiro atoms. The highest BCUT2D eigenvalue weighted by Gasteiger charge is 2.28. The van der Waals surface area contributed by atoms with E-state index in [0.717, 1.165) is 102 Å². The van der Waals surface area contributed by atoms with Crippen LogP contribution in [0.2, 0.25) is 0 Å². The van der Waals surface area contributed by atoms with Crippen molar-refractivity contribution in [1.82, 2.24) is 4.90 Å². The van der Waals surface area contributed by atoms with Gasteiger partial charge in [-0.1, -0.05) is 156 Å². The molecular formula is C45H85NO5. The van der Waals surface area contributed by atoms with Gasteiger partial charge in [-0.15, -0.1) is 0 Å². The second-order valence-electron chi connectivity index (χ2n) is 15.7. The first kappa shape index (κ1) is 47.6. The van der Waals surface area contributed by atoms with Crippen LogP contribution in [0.5, 0.6) is 0 Å². The standard InChI is InChI=1S/C45H85NO5/c1-4-7-10-13-18-25-32-42(33-26-19-14-11-8-5-2)50-44(48)34-27-20-15-22-29-36-46(38-39-47)37-30-23-16-21-28-35-45(49)51-43-40-41(43)31-24-17-12-9-6-3/h40-42,47H,4-39H2,1-3H3. The summed E-state index contributed by atoms with van der Waals surface area (Å²) in [5, 5.41) is 9.55. The minimum absolute atomic E-state index is 0.0128. The summed E-state index contributed by atoms with van der Waals surface area (Å²) in [5.41, 5.74) is 0. The van der Waals surface area contributed by atoms with Gasteiger partial charge in [0.1, 0.15) is 11.9 Å². The van der Waals surface area contributed by atoms with E-state index in [9.17, 15) is 14.7 Å². The molecule has 0 aromatic carbocycles. The lowest BCUT2D eigenvalue weighted by Gasteiger charge is -2.21. The van der Waals surface area contributed by atoms with Crippen molar-refractivity contribution in [1.29, 1.82) is 0 Å². The molecule has 0 radical (unpaired) electrons. The van der Waals surface area contributed by atoms with Gasteiger partial charge in [-0.05, 0) is 77.0 Å². The molecule has 51 heavy (non-hydrogen) atoms. The Kier molecular flexibility index (Phi) is 33.3. The first-order valence-corrected chi connectivity index (χ1v) is 22.5. The quantitative estimate of drug-likeness (QED) is 0.0502. The molecule has 300 valence electrons. The van der Waals surface area contributed by atoms with Crippen LogP contribution in [0, 0.1) is 5.92 Å². The van der Waals surface area contributed by atoms with Gasteiger partial charge in [0.05, 0.1) is 6.61 Å². The molecular weight excluding hydrogens is 634 g/mol. The molecule has 6 nitrogen and oxygen atoms in total. The van der Waals surface area contributed by atoms with E-state index in [1.54, 1.807) is 0 Å². The summed E-state index contributed by atoms with van der Waals surface area (Å²) in [4.78, 5) is 27.3. The molecule has 0 aromatic rings. The summed E-state index contributed by atoms with van der Waals surface area (Å²) in [6.45, 7) is 9.77. The maximum atomic E-state index is 12.7. The van der Waals surface area contributed by atoms with Crippen LogP contribution in [0.1, 0.15) is 226 Å². The lowest BCUT2D eigenvalue weighted by atomic mass is 10.0. The number of rotatable bonds is 40. The van der Waals surface area contributed by atoms with Gasteiger partial charge >= 0.3 is 11.9 Å². The highest BCUT2D eigenvalue weighted by atomic mass is 16.5. The smallest absolute Gasteiger partial charge is 0.310 e. The second kappa shape index (κ2) is 35.6. The lowest BCUT2D eigenvalue weighted by molar-refractivity contribution is -0.150. The third-order valence-electron chi connectivity index (χ3n) is 10.7. The highest BCUT2D eigenvalue weighted by molar-refractivity contribution is 5.71. The molecule has 0 saturated heterocycles. The van der Waals surface area contributed by atoms with Gasteiger partial charge in [0.2, 0.25) is 0 Å². The van der Waals surface area contributed by atoms with Gasteiger partial charge in [-0.3, -0.25) is 9.59 Å². The Bertz CT molecular complexity index is 813. The van der Waals surface area contributed by atoms with Crippen molar-refractivity contribution in [2.45, 2.75) is 232 Å². The summed E-state index contributed by atoms with van der Waals surface area (Å²) < 4.78 is 11.6. The molecule has 0 fully saturated rings. The van der Waals surface area contributed by atoms with Crippen LogP contribution in [-0.2, 0) is 19.1 Å². The second-order valence-corrected chi connectivity index (χ2v) is 15.7. The number of aliphatic hydroxyl groups is 1. The fraction of sp³-hybridized carbons (Fsp3) is 0.911. The van der Waals surface area contributed by atoms with Gasteiger partial charge < -0.3 is 19.5 Å². The van der Waals surface area contributed by atoms with E-state index in [0.29, 0.717) is 18.8 Å². The van der Waals surface area contributed by atoms with Gasteiger partial charge in [0.15, 0.2) is 0 Å². The van der Waals surface area contributed by atoms with Crippen molar-refractivity contribution in [3.8, 4) is 0 Å². The number of ether oxygens (including phenoxy) is 2. The van der Waals surface area contributed by atoms with E-state index in [-0.39, 0.29) is 24.6 Å². The lowest BCUT2D eigenvalue weighted by Crippen LogP contribution is -2.29. The number of allylic oxidation sites excluding steroid dienone is 2. The van der Waals surface area contributed by atoms with Gasteiger partial charge in [0, 0.05) is 25.3 Å². The number of carbonyl (C=O) groups is 2. The maximum absolute atomic E-state index is 12.7. The normalized spacial score (nSPS) is 14.0. The number of hydrogen-bond donors (Lipinski definition) is 1. The van der Waals surface area contributed by atoms with Gasteiger partial charge in [0.25, 0.3) is 0 Å². The molecule has 0 bridgehead atoms. The van der Waals surface area contributed by atoms with E-state index in [1.807, 2.05) is 0 Å². The molecule has 1 atom stereocenters. The Morgan fingerprint density at radius 3 is 1.51 bits per heavy atom. The third-order valence-corrected chi connectivity index (χ3v) is 10.7. The summed E-state index contributed by atoms with van der Waals surface area (Å²) in [6.07, 6.45) is 39.2. The average molecular weight is 720 g/mol. The third kappa shape index (κ3) is 30.7. The van der Waals surface area contributed by atoms with Crippen LogP contribution < -0.4 is 0 Å². The van der Waals surface area contributed by atoms with Crippen molar-refractivity contribution in [2.24, 2.45) is 5.92 Å². The zero-order chi connectivity index (χ0) is 37.0. The zero-order valence-electron chi connectivity index (χ0n) is 34.2. The highest BCUT2D eigenvalue weighted by Crippen LogP contribution is 2.35. The number of hydrogen-bond acceptors (Lipinski definition) is 6. The Balaban J connectivity index is 2.07. The number of nitrogens with zero attached hydrogens (tertiary/aromatic N) is 1. The first-order chi connectivity index (χ1) is 25.0. The fourth-order valence-electron chi connectivity index (χ4n) is 7.19. The monoisotopic (exact) mass is 720 g/mol. The Morgan fingerprint density at radius 2 is 1.00 bits per heavy atom. The molecule has 0 aromatic heterocycles. The van der Waals surface area contributed by atoms with Gasteiger partial charge in [-0.2, -0.15) is 0 Å². The predicted octanol–water partition coefficient (Wildman–Crippen LogP) is 12.8. The van der Waals surface area contributed by atoms with E-state index >= 15 is 0 Å². The number of esters is 2. The first-order valence-electron chi connectivity index (χ1n) is 22.5. The van der Waals surface area contributed by atoms with Crippen LogP contribution in [0.25, 0.3) is 0 Å². The molecule has 1 aliphatic rings. The largest absolute Gasteiger partial charge is 0.462 e. The zero-order valence-corrected chi connectivity index (χ0v) is 34.2. The van der Waals surface area contributed by atoms with Crippen LogP contribution in [0.3, 0.4) is 0 Å². The Morgan fingerprint density at radius 1 is 0.569 bits per heavy atom. The van der Waals surface area contributed by atoms with E-state index in [4.69, 9.17) is 9.47 Å². The van der Waals surface area contributed by atoms with Crippen molar-refractivity contribution >= 4 is 11.9 Å². The summed E-state index contributed by atoms with van der Waals surface area (Å²) in [7, 11) is 0. The van der Waals surface area contributed by atoms with E-state index < -0.39 is 0 Å². The van der Waals surface area contributed by atoms with Gasteiger partial charge in [-0.25, -0.2) is 0 Å². The van der Waals surface area contributed by atoms with Crippen LogP contribution in [0.15, 0.2) is 11.8 Å². The van der Waals surface area contributed by atoms with Crippen LogP contribution in [0.4, 0.5) is 0 Å². The molecule has 1 unspecified atom stereocenters. The minimum Gasteiger partial charge on any atom is -0.462 e. The maximum Gasteiger partial charge on any atom is 0.310 e. The minimum atomic E-state index is -0.0602. The Labute approximate surface area is 316 Å². The topological polar surface area (TPSA) is 76.1 Å². The molecule has 0 amide bonds. The molecule has 1 rings (SSSR count). The predicted molar refractivity (Wildman–Crippen MR) is 216 cm³/mol. The Hall–Kier alpha value is -1.40. The average Bonchev–Trinajstić information content (AvgIpc) is 3.86. The summed E-state index contributed by atoms with van der Waals surface area (Å²) >= 11 is 0. The van der Waals surface area contributed by atoms with Crippen molar-refractivity contribution in [3.05, 3.63) is 11.8 Å². The fourth-order valence-corrected chi connectivity index (χ4v) is 7.19. The van der Waals surface area contributed by atoms with Crippen LogP contribution >= 0.6 is 0 Å².